The number of nitrogens with one attached hydrogen (secondary N) is 2. The number of hydrogen-bond acceptors (Lipinski definition) is 3. The molecule has 2 amide bonds. The Kier molecular flexibility index (Phi) is 4.78. The van der Waals surface area contributed by atoms with E-state index in [1.165, 1.54) is 4.90 Å². The van der Waals surface area contributed by atoms with E-state index in [0.29, 0.717) is 13.1 Å². The van der Waals surface area contributed by atoms with Crippen LogP contribution in [-0.4, -0.2) is 47.7 Å². The number of aromatic nitrogens is 2. The van der Waals surface area contributed by atoms with Gasteiger partial charge in [-0.1, -0.05) is 0 Å². The molecule has 1 aromatic rings. The summed E-state index contributed by atoms with van der Waals surface area (Å²) in [5, 5.41) is 5.98. The first-order valence-corrected chi connectivity index (χ1v) is 5.23. The van der Waals surface area contributed by atoms with Crippen molar-refractivity contribution >= 4 is 6.03 Å². The van der Waals surface area contributed by atoms with E-state index in [4.69, 9.17) is 0 Å². The fourth-order valence-electron chi connectivity index (χ4n) is 1.18. The number of rotatable bonds is 5. The van der Waals surface area contributed by atoms with Crippen molar-refractivity contribution in [1.29, 1.82) is 0 Å². The molecule has 0 spiro atoms. The van der Waals surface area contributed by atoms with Crippen LogP contribution in [0.25, 0.3) is 0 Å². The molecule has 0 aliphatic rings. The third-order valence-electron chi connectivity index (χ3n) is 2.19. The van der Waals surface area contributed by atoms with Crippen LogP contribution in [0.5, 0.6) is 0 Å². The summed E-state index contributed by atoms with van der Waals surface area (Å²) in [4.78, 5) is 16.9. The molecule has 1 heterocycles. The molecule has 6 heteroatoms. The van der Waals surface area contributed by atoms with Crippen LogP contribution in [0, 0.1) is 0 Å². The third kappa shape index (κ3) is 3.90. The van der Waals surface area contributed by atoms with E-state index in [-0.39, 0.29) is 6.03 Å². The molecule has 0 atom stereocenters. The fourth-order valence-corrected chi connectivity index (χ4v) is 1.18. The van der Waals surface area contributed by atoms with Crippen LogP contribution in [0.2, 0.25) is 0 Å². The second-order valence-corrected chi connectivity index (χ2v) is 3.76. The minimum absolute atomic E-state index is 0.0706. The fraction of sp³-hybridized carbons (Fsp3) is 0.600. The monoisotopic (exact) mass is 225 g/mol. The second kappa shape index (κ2) is 6.12. The van der Waals surface area contributed by atoms with Crippen LogP contribution >= 0.6 is 0 Å². The zero-order valence-corrected chi connectivity index (χ0v) is 10.0. The van der Waals surface area contributed by atoms with Gasteiger partial charge in [0.25, 0.3) is 0 Å². The molecular weight excluding hydrogens is 206 g/mol. The van der Waals surface area contributed by atoms with E-state index in [0.717, 1.165) is 12.4 Å². The van der Waals surface area contributed by atoms with E-state index in [2.05, 4.69) is 15.6 Å². The first kappa shape index (κ1) is 12.5. The Bertz CT molecular complexity index is 334. The molecule has 2 N–H and O–H groups in total. The lowest BCUT2D eigenvalue weighted by Crippen LogP contribution is -2.38. The number of amides is 2. The Morgan fingerprint density at radius 1 is 1.50 bits per heavy atom. The normalized spacial score (nSPS) is 10.2. The van der Waals surface area contributed by atoms with Gasteiger partial charge >= 0.3 is 6.03 Å². The molecule has 1 rings (SSSR count). The Morgan fingerprint density at radius 3 is 2.81 bits per heavy atom. The van der Waals surface area contributed by atoms with Gasteiger partial charge in [-0.15, -0.1) is 0 Å². The Morgan fingerprint density at radius 2 is 2.25 bits per heavy atom. The summed E-state index contributed by atoms with van der Waals surface area (Å²) in [5.74, 6) is 0.985. The van der Waals surface area contributed by atoms with Crippen molar-refractivity contribution in [2.75, 3.05) is 27.2 Å². The molecule has 16 heavy (non-hydrogen) atoms. The van der Waals surface area contributed by atoms with E-state index in [1.807, 2.05) is 17.8 Å². The molecule has 0 aliphatic heterocycles. The Hall–Kier alpha value is -1.56. The molecular formula is C10H19N5O. The van der Waals surface area contributed by atoms with Crippen molar-refractivity contribution < 1.29 is 4.79 Å². The largest absolute Gasteiger partial charge is 0.337 e. The summed E-state index contributed by atoms with van der Waals surface area (Å²) >= 11 is 0. The van der Waals surface area contributed by atoms with Gasteiger partial charge in [0.15, 0.2) is 0 Å². The molecule has 1 aromatic heterocycles. The first-order valence-electron chi connectivity index (χ1n) is 5.23. The summed E-state index contributed by atoms with van der Waals surface area (Å²) in [7, 11) is 5.39. The lowest BCUT2D eigenvalue weighted by Gasteiger charge is -2.12. The molecule has 0 saturated carbocycles. The average molecular weight is 225 g/mol. The predicted molar refractivity (Wildman–Crippen MR) is 62.0 cm³/mol. The number of nitrogens with zero attached hydrogens (tertiary/aromatic N) is 3. The predicted octanol–water partition coefficient (Wildman–Crippen LogP) is -0.219. The van der Waals surface area contributed by atoms with Gasteiger partial charge in [-0.05, 0) is 0 Å². The van der Waals surface area contributed by atoms with Crippen LogP contribution in [0.15, 0.2) is 12.4 Å². The highest BCUT2D eigenvalue weighted by atomic mass is 16.2. The highest BCUT2D eigenvalue weighted by Crippen LogP contribution is 1.91. The van der Waals surface area contributed by atoms with E-state index in [1.54, 1.807) is 20.3 Å². The lowest BCUT2D eigenvalue weighted by molar-refractivity contribution is 0.217. The third-order valence-corrected chi connectivity index (χ3v) is 2.19. The van der Waals surface area contributed by atoms with Crippen molar-refractivity contribution in [2.45, 2.75) is 6.54 Å². The van der Waals surface area contributed by atoms with Crippen molar-refractivity contribution in [3.63, 3.8) is 0 Å². The molecule has 0 unspecified atom stereocenters. The van der Waals surface area contributed by atoms with Crippen molar-refractivity contribution in [3.8, 4) is 0 Å². The molecule has 0 aromatic carbocycles. The molecule has 0 aliphatic carbocycles. The quantitative estimate of drug-likeness (QED) is 0.681. The number of imidazole rings is 1. The van der Waals surface area contributed by atoms with Crippen molar-refractivity contribution in [1.82, 2.24) is 25.1 Å². The molecule has 6 nitrogen and oxygen atoms in total. The molecule has 0 saturated heterocycles. The standard InChI is InChI=1S/C10H19N5O/c1-14(2)10(16)13-5-4-11-8-9-12-6-7-15(9)3/h6-7,11H,4-5,8H2,1-3H3,(H,13,16). The SMILES string of the molecule is CN(C)C(=O)NCCNCc1nccn1C. The van der Waals surface area contributed by atoms with Gasteiger partial charge in [-0.3, -0.25) is 0 Å². The minimum Gasteiger partial charge on any atom is -0.337 e. The zero-order valence-electron chi connectivity index (χ0n) is 10.0. The lowest BCUT2D eigenvalue weighted by atomic mass is 10.5. The van der Waals surface area contributed by atoms with Gasteiger partial charge in [-0.2, -0.15) is 0 Å². The zero-order chi connectivity index (χ0) is 12.0. The Balaban J connectivity index is 2.09. The number of urea groups is 1. The highest BCUT2D eigenvalue weighted by molar-refractivity contribution is 5.73. The van der Waals surface area contributed by atoms with E-state index >= 15 is 0 Å². The van der Waals surface area contributed by atoms with Crippen molar-refractivity contribution in [2.24, 2.45) is 7.05 Å². The first-order chi connectivity index (χ1) is 7.61. The number of carbonyl (C=O) groups is 1. The van der Waals surface area contributed by atoms with Gasteiger partial charge in [0, 0.05) is 46.6 Å². The molecule has 0 bridgehead atoms. The van der Waals surface area contributed by atoms with Gasteiger partial charge in [0.1, 0.15) is 5.82 Å². The smallest absolute Gasteiger partial charge is 0.316 e. The minimum atomic E-state index is -0.0706. The van der Waals surface area contributed by atoms with E-state index in [9.17, 15) is 4.79 Å². The average Bonchev–Trinajstić information content (AvgIpc) is 2.63. The number of hydrogen-bond donors (Lipinski definition) is 2. The van der Waals surface area contributed by atoms with Crippen LogP contribution < -0.4 is 10.6 Å². The van der Waals surface area contributed by atoms with Gasteiger partial charge in [0.2, 0.25) is 0 Å². The highest BCUT2D eigenvalue weighted by Gasteiger charge is 2.01. The number of carbonyl (C=O) groups excluding carboxylic acids is 1. The van der Waals surface area contributed by atoms with Crippen LogP contribution in [0.3, 0.4) is 0 Å². The van der Waals surface area contributed by atoms with Crippen molar-refractivity contribution in [3.05, 3.63) is 18.2 Å². The molecule has 0 radical (unpaired) electrons. The summed E-state index contributed by atoms with van der Waals surface area (Å²) < 4.78 is 1.96. The summed E-state index contributed by atoms with van der Waals surface area (Å²) in [6.45, 7) is 2.05. The topological polar surface area (TPSA) is 62.2 Å². The molecule has 0 fully saturated rings. The van der Waals surface area contributed by atoms with Crippen LogP contribution in [0.4, 0.5) is 4.79 Å². The van der Waals surface area contributed by atoms with Crippen LogP contribution in [0.1, 0.15) is 5.82 Å². The summed E-state index contributed by atoms with van der Waals surface area (Å²) in [6.07, 6.45) is 3.68. The maximum Gasteiger partial charge on any atom is 0.316 e. The molecule has 90 valence electrons. The maximum atomic E-state index is 11.2. The summed E-state index contributed by atoms with van der Waals surface area (Å²) in [5.41, 5.74) is 0. The van der Waals surface area contributed by atoms with Gasteiger partial charge in [-0.25, -0.2) is 9.78 Å². The van der Waals surface area contributed by atoms with Gasteiger partial charge in [0.05, 0.1) is 6.54 Å². The Labute approximate surface area is 95.6 Å². The van der Waals surface area contributed by atoms with Crippen LogP contribution in [-0.2, 0) is 13.6 Å². The second-order valence-electron chi connectivity index (χ2n) is 3.76. The summed E-state index contributed by atoms with van der Waals surface area (Å²) in [6, 6.07) is -0.0706. The van der Waals surface area contributed by atoms with Gasteiger partial charge < -0.3 is 20.1 Å². The number of aryl methyl sites for hydroxylation is 1. The van der Waals surface area contributed by atoms with E-state index < -0.39 is 0 Å². The maximum absolute atomic E-state index is 11.2.